The van der Waals surface area contributed by atoms with Crippen LogP contribution < -0.4 is 0 Å². The van der Waals surface area contributed by atoms with E-state index in [9.17, 15) is 9.90 Å². The summed E-state index contributed by atoms with van der Waals surface area (Å²) < 4.78 is 1.58. The van der Waals surface area contributed by atoms with Crippen LogP contribution in [0.2, 0.25) is 5.02 Å². The zero-order valence-corrected chi connectivity index (χ0v) is 12.6. The van der Waals surface area contributed by atoms with E-state index in [0.29, 0.717) is 30.2 Å². The fourth-order valence-electron chi connectivity index (χ4n) is 2.70. The van der Waals surface area contributed by atoms with E-state index in [2.05, 4.69) is 15.3 Å². The average Bonchev–Trinajstić information content (AvgIpc) is 2.99. The summed E-state index contributed by atoms with van der Waals surface area (Å²) in [5.74, 6) is -0.201. The molecule has 0 radical (unpaired) electrons. The molecule has 1 fully saturated rings. The van der Waals surface area contributed by atoms with Crippen LogP contribution in [0.15, 0.2) is 30.7 Å². The standard InChI is InChI=1S/C14H16ClN5O2/c15-11-2-3-12(16-8-11)13(21)19-6-1-4-14(22,9-19)10-20-7-5-17-18-20/h2-3,5,7-8,22H,1,4,6,9-10H2. The summed E-state index contributed by atoms with van der Waals surface area (Å²) in [4.78, 5) is 18.1. The molecule has 0 bridgehead atoms. The predicted octanol–water partition coefficient (Wildman–Crippen LogP) is 0.994. The molecule has 22 heavy (non-hydrogen) atoms. The summed E-state index contributed by atoms with van der Waals surface area (Å²) in [5.41, 5.74) is -0.678. The van der Waals surface area contributed by atoms with Gasteiger partial charge in [-0.1, -0.05) is 16.8 Å². The second-order valence-corrected chi connectivity index (χ2v) is 5.95. The Balaban J connectivity index is 1.72. The Hall–Kier alpha value is -1.99. The highest BCUT2D eigenvalue weighted by molar-refractivity contribution is 6.30. The first-order chi connectivity index (χ1) is 10.6. The highest BCUT2D eigenvalue weighted by Gasteiger charge is 2.36. The summed E-state index contributed by atoms with van der Waals surface area (Å²) >= 11 is 5.78. The molecule has 3 rings (SSSR count). The first kappa shape index (κ1) is 14.9. The van der Waals surface area contributed by atoms with Gasteiger partial charge in [-0.2, -0.15) is 0 Å². The molecule has 7 nitrogen and oxygen atoms in total. The number of pyridine rings is 1. The van der Waals surface area contributed by atoms with Gasteiger partial charge in [0.2, 0.25) is 0 Å². The molecule has 1 atom stereocenters. The first-order valence-corrected chi connectivity index (χ1v) is 7.41. The van der Waals surface area contributed by atoms with Crippen LogP contribution in [0.1, 0.15) is 23.3 Å². The van der Waals surface area contributed by atoms with Crippen molar-refractivity contribution in [2.24, 2.45) is 0 Å². The Morgan fingerprint density at radius 1 is 1.45 bits per heavy atom. The number of hydrogen-bond acceptors (Lipinski definition) is 5. The number of likely N-dealkylation sites (tertiary alicyclic amines) is 1. The molecular formula is C14H16ClN5O2. The Kier molecular flexibility index (Phi) is 4.08. The van der Waals surface area contributed by atoms with Gasteiger partial charge >= 0.3 is 0 Å². The predicted molar refractivity (Wildman–Crippen MR) is 79.4 cm³/mol. The average molecular weight is 322 g/mol. The molecule has 1 amide bonds. The highest BCUT2D eigenvalue weighted by Crippen LogP contribution is 2.24. The molecule has 1 N–H and O–H groups in total. The van der Waals surface area contributed by atoms with Crippen molar-refractivity contribution in [2.75, 3.05) is 13.1 Å². The molecule has 0 aromatic carbocycles. The number of halogens is 1. The van der Waals surface area contributed by atoms with Gasteiger partial charge in [0.25, 0.3) is 5.91 Å². The van der Waals surface area contributed by atoms with Crippen molar-refractivity contribution in [1.29, 1.82) is 0 Å². The van der Waals surface area contributed by atoms with Crippen molar-refractivity contribution < 1.29 is 9.90 Å². The first-order valence-electron chi connectivity index (χ1n) is 7.03. The van der Waals surface area contributed by atoms with Crippen LogP contribution >= 0.6 is 11.6 Å². The highest BCUT2D eigenvalue weighted by atomic mass is 35.5. The lowest BCUT2D eigenvalue weighted by molar-refractivity contribution is -0.0388. The largest absolute Gasteiger partial charge is 0.386 e. The molecule has 3 heterocycles. The lowest BCUT2D eigenvalue weighted by Gasteiger charge is -2.38. The Bertz CT molecular complexity index is 646. The smallest absolute Gasteiger partial charge is 0.272 e. The molecular weight excluding hydrogens is 306 g/mol. The number of aliphatic hydroxyl groups is 1. The molecule has 1 aliphatic rings. The molecule has 0 aliphatic carbocycles. The number of aromatic nitrogens is 4. The molecule has 2 aromatic rings. The monoisotopic (exact) mass is 321 g/mol. The van der Waals surface area contributed by atoms with Gasteiger partial charge in [-0.25, -0.2) is 9.67 Å². The number of nitrogens with zero attached hydrogens (tertiary/aromatic N) is 5. The summed E-state index contributed by atoms with van der Waals surface area (Å²) in [6.07, 6.45) is 6.04. The number of rotatable bonds is 3. The number of piperidine rings is 1. The van der Waals surface area contributed by atoms with Gasteiger partial charge < -0.3 is 10.0 Å². The fraction of sp³-hybridized carbons (Fsp3) is 0.429. The summed E-state index contributed by atoms with van der Waals surface area (Å²) in [6.45, 7) is 1.16. The lowest BCUT2D eigenvalue weighted by Crippen LogP contribution is -2.52. The van der Waals surface area contributed by atoms with E-state index < -0.39 is 5.60 Å². The second-order valence-electron chi connectivity index (χ2n) is 5.52. The molecule has 1 unspecified atom stereocenters. The van der Waals surface area contributed by atoms with Gasteiger partial charge in [0, 0.05) is 18.9 Å². The van der Waals surface area contributed by atoms with E-state index >= 15 is 0 Å². The SMILES string of the molecule is O=C(c1ccc(Cl)cn1)N1CCCC(O)(Cn2ccnn2)C1. The molecule has 2 aromatic heterocycles. The third kappa shape index (κ3) is 3.26. The summed E-state index contributed by atoms with van der Waals surface area (Å²) in [6, 6.07) is 3.23. The van der Waals surface area contributed by atoms with Gasteiger partial charge in [-0.3, -0.25) is 4.79 Å². The number of hydrogen-bond donors (Lipinski definition) is 1. The molecule has 1 aliphatic heterocycles. The van der Waals surface area contributed by atoms with Gasteiger partial charge in [-0.05, 0) is 25.0 Å². The second kappa shape index (κ2) is 6.02. The Labute approximate surface area is 132 Å². The lowest BCUT2D eigenvalue weighted by atomic mass is 9.92. The molecule has 116 valence electrons. The van der Waals surface area contributed by atoms with Gasteiger partial charge in [0.1, 0.15) is 11.3 Å². The van der Waals surface area contributed by atoms with E-state index in [1.165, 1.54) is 6.20 Å². The quantitative estimate of drug-likeness (QED) is 0.911. The van der Waals surface area contributed by atoms with Gasteiger partial charge in [0.15, 0.2) is 0 Å². The van der Waals surface area contributed by atoms with Crippen LogP contribution in [-0.4, -0.2) is 54.6 Å². The Morgan fingerprint density at radius 2 is 2.32 bits per heavy atom. The number of β-amino-alcohol motifs (C(OH)–C–C–N with tert-alkyl or cyclic N) is 1. The maximum atomic E-state index is 12.5. The number of amides is 1. The minimum absolute atomic E-state index is 0.201. The molecule has 0 saturated carbocycles. The summed E-state index contributed by atoms with van der Waals surface area (Å²) in [7, 11) is 0. The number of carbonyl (C=O) groups is 1. The van der Waals surface area contributed by atoms with Gasteiger partial charge in [0.05, 0.1) is 24.3 Å². The van der Waals surface area contributed by atoms with E-state index in [-0.39, 0.29) is 12.5 Å². The van der Waals surface area contributed by atoms with Crippen molar-refractivity contribution in [1.82, 2.24) is 24.9 Å². The van der Waals surface area contributed by atoms with Crippen molar-refractivity contribution in [3.8, 4) is 0 Å². The normalized spacial score (nSPS) is 21.8. The maximum absolute atomic E-state index is 12.5. The van der Waals surface area contributed by atoms with E-state index in [0.717, 1.165) is 6.42 Å². The van der Waals surface area contributed by atoms with Crippen LogP contribution in [-0.2, 0) is 6.54 Å². The van der Waals surface area contributed by atoms with Crippen molar-refractivity contribution >= 4 is 17.5 Å². The third-order valence-corrected chi connectivity index (χ3v) is 3.94. The zero-order valence-electron chi connectivity index (χ0n) is 11.9. The molecule has 0 spiro atoms. The van der Waals surface area contributed by atoms with E-state index in [4.69, 9.17) is 11.6 Å². The van der Waals surface area contributed by atoms with E-state index in [1.54, 1.807) is 34.1 Å². The molecule has 1 saturated heterocycles. The van der Waals surface area contributed by atoms with Crippen molar-refractivity contribution in [2.45, 2.75) is 25.0 Å². The number of carbonyl (C=O) groups excluding carboxylic acids is 1. The van der Waals surface area contributed by atoms with Crippen molar-refractivity contribution in [3.63, 3.8) is 0 Å². The zero-order chi connectivity index (χ0) is 15.6. The minimum atomic E-state index is -1.01. The van der Waals surface area contributed by atoms with E-state index in [1.807, 2.05) is 0 Å². The third-order valence-electron chi connectivity index (χ3n) is 3.72. The summed E-state index contributed by atoms with van der Waals surface area (Å²) in [5, 5.41) is 18.8. The van der Waals surface area contributed by atoms with Gasteiger partial charge in [-0.15, -0.1) is 5.10 Å². The van der Waals surface area contributed by atoms with Crippen LogP contribution in [0.3, 0.4) is 0 Å². The topological polar surface area (TPSA) is 84.1 Å². The Morgan fingerprint density at radius 3 is 3.00 bits per heavy atom. The molecule has 8 heteroatoms. The maximum Gasteiger partial charge on any atom is 0.272 e. The van der Waals surface area contributed by atoms with Crippen LogP contribution in [0, 0.1) is 0 Å². The van der Waals surface area contributed by atoms with Crippen molar-refractivity contribution in [3.05, 3.63) is 41.4 Å². The fourth-order valence-corrected chi connectivity index (χ4v) is 2.81. The minimum Gasteiger partial charge on any atom is -0.386 e. The van der Waals surface area contributed by atoms with Crippen LogP contribution in [0.25, 0.3) is 0 Å². The van der Waals surface area contributed by atoms with Crippen LogP contribution in [0.5, 0.6) is 0 Å². The van der Waals surface area contributed by atoms with Crippen LogP contribution in [0.4, 0.5) is 0 Å².